The summed E-state index contributed by atoms with van der Waals surface area (Å²) in [5.41, 5.74) is 4.57. The largest absolute Gasteiger partial charge is 0.373 e. The summed E-state index contributed by atoms with van der Waals surface area (Å²) in [7, 11) is -1.86. The molecule has 0 atom stereocenters. The average molecular weight is 345 g/mol. The molecule has 0 aliphatic heterocycles. The van der Waals surface area contributed by atoms with Crippen LogP contribution in [0.1, 0.15) is 49.9 Å². The van der Waals surface area contributed by atoms with Crippen molar-refractivity contribution >= 4 is 19.2 Å². The molecule has 0 spiro atoms. The first kappa shape index (κ1) is 18.7. The van der Waals surface area contributed by atoms with E-state index in [2.05, 4.69) is 27.0 Å². The SMILES string of the molecule is C=C[Si](C=C)(CC)c1ccc(C(=O)OOC2CCC(C)CC2)cc1. The van der Waals surface area contributed by atoms with Crippen LogP contribution < -0.4 is 5.19 Å². The van der Waals surface area contributed by atoms with Crippen molar-refractivity contribution in [2.24, 2.45) is 5.92 Å². The van der Waals surface area contributed by atoms with Gasteiger partial charge in [0.1, 0.15) is 14.2 Å². The highest BCUT2D eigenvalue weighted by Crippen LogP contribution is 2.25. The van der Waals surface area contributed by atoms with Gasteiger partial charge in [-0.25, -0.2) is 4.79 Å². The van der Waals surface area contributed by atoms with E-state index in [-0.39, 0.29) is 6.10 Å². The lowest BCUT2D eigenvalue weighted by atomic mass is 9.89. The Morgan fingerprint density at radius 1 is 1.17 bits per heavy atom. The molecular formula is C20H28O3Si. The Kier molecular flexibility index (Phi) is 6.57. The summed E-state index contributed by atoms with van der Waals surface area (Å²) in [6.07, 6.45) is 4.20. The first-order valence-electron chi connectivity index (χ1n) is 8.80. The van der Waals surface area contributed by atoms with Crippen LogP contribution >= 0.6 is 0 Å². The van der Waals surface area contributed by atoms with Crippen molar-refractivity contribution in [3.63, 3.8) is 0 Å². The molecule has 1 aromatic rings. The van der Waals surface area contributed by atoms with E-state index in [4.69, 9.17) is 9.78 Å². The van der Waals surface area contributed by atoms with E-state index < -0.39 is 14.0 Å². The van der Waals surface area contributed by atoms with Crippen LogP contribution in [0, 0.1) is 5.92 Å². The maximum Gasteiger partial charge on any atom is 0.373 e. The van der Waals surface area contributed by atoms with E-state index in [0.717, 1.165) is 37.6 Å². The topological polar surface area (TPSA) is 35.5 Å². The first-order chi connectivity index (χ1) is 11.5. The van der Waals surface area contributed by atoms with Crippen molar-refractivity contribution in [3.05, 3.63) is 54.4 Å². The molecule has 1 aromatic carbocycles. The van der Waals surface area contributed by atoms with E-state index in [9.17, 15) is 4.79 Å². The van der Waals surface area contributed by atoms with Gasteiger partial charge in [-0.3, -0.25) is 4.89 Å². The summed E-state index contributed by atoms with van der Waals surface area (Å²) in [5, 5.41) is 1.20. The van der Waals surface area contributed by atoms with Gasteiger partial charge in [-0.15, -0.1) is 13.2 Å². The minimum atomic E-state index is -1.86. The number of hydrogen-bond donors (Lipinski definition) is 0. The van der Waals surface area contributed by atoms with Crippen LogP contribution in [0.4, 0.5) is 0 Å². The molecule has 0 N–H and O–H groups in total. The normalized spacial score (nSPS) is 21.1. The minimum Gasteiger partial charge on any atom is -0.293 e. The summed E-state index contributed by atoms with van der Waals surface area (Å²) in [5.74, 6) is 0.312. The predicted octanol–water partition coefficient (Wildman–Crippen LogP) is 4.48. The standard InChI is InChI=1S/C20H28O3Si/c1-5-24(6-2,7-3)19-14-10-17(11-15-19)20(21)23-22-18-12-8-16(4)9-13-18/h5-6,10-11,14-16,18H,1-2,7-9,12-13H2,3-4H3. The second-order valence-corrected chi connectivity index (χ2v) is 10.9. The number of carbonyl (C=O) groups excluding carboxylic acids is 1. The number of carbonyl (C=O) groups is 1. The zero-order chi connectivity index (χ0) is 17.6. The van der Waals surface area contributed by atoms with Gasteiger partial charge in [0, 0.05) is 0 Å². The van der Waals surface area contributed by atoms with Gasteiger partial charge >= 0.3 is 5.97 Å². The molecule has 0 heterocycles. The van der Waals surface area contributed by atoms with Gasteiger partial charge in [-0.05, 0) is 49.8 Å². The fourth-order valence-electron chi connectivity index (χ4n) is 3.21. The van der Waals surface area contributed by atoms with E-state index in [1.54, 1.807) is 12.1 Å². The highest BCUT2D eigenvalue weighted by molar-refractivity contribution is 6.99. The van der Waals surface area contributed by atoms with Crippen molar-refractivity contribution in [1.29, 1.82) is 0 Å². The second kappa shape index (κ2) is 8.45. The molecule has 0 unspecified atom stereocenters. The molecule has 1 saturated carbocycles. The van der Waals surface area contributed by atoms with Crippen LogP contribution in [-0.2, 0) is 9.78 Å². The van der Waals surface area contributed by atoms with Crippen molar-refractivity contribution in [2.75, 3.05) is 0 Å². The Morgan fingerprint density at radius 3 is 2.25 bits per heavy atom. The predicted molar refractivity (Wildman–Crippen MR) is 101 cm³/mol. The third-order valence-corrected chi connectivity index (χ3v) is 9.23. The molecule has 4 heteroatoms. The molecule has 0 radical (unpaired) electrons. The van der Waals surface area contributed by atoms with Crippen molar-refractivity contribution in [1.82, 2.24) is 0 Å². The summed E-state index contributed by atoms with van der Waals surface area (Å²) in [6.45, 7) is 12.3. The Bertz CT molecular complexity index is 563. The van der Waals surface area contributed by atoms with Crippen LogP contribution in [0.5, 0.6) is 0 Å². The molecule has 1 fully saturated rings. The number of benzene rings is 1. The molecule has 1 aliphatic carbocycles. The summed E-state index contributed by atoms with van der Waals surface area (Å²) in [4.78, 5) is 22.5. The molecule has 2 rings (SSSR count). The van der Waals surface area contributed by atoms with Gasteiger partial charge in [0.05, 0.1) is 5.56 Å². The smallest absolute Gasteiger partial charge is 0.293 e. The van der Waals surface area contributed by atoms with Crippen LogP contribution in [-0.4, -0.2) is 20.1 Å². The maximum absolute atomic E-state index is 12.1. The van der Waals surface area contributed by atoms with Gasteiger partial charge in [0.15, 0.2) is 0 Å². The van der Waals surface area contributed by atoms with Crippen LogP contribution in [0.15, 0.2) is 48.8 Å². The van der Waals surface area contributed by atoms with Gasteiger partial charge in [0.2, 0.25) is 0 Å². The second-order valence-electron chi connectivity index (χ2n) is 6.73. The van der Waals surface area contributed by atoms with Crippen molar-refractivity contribution in [3.8, 4) is 0 Å². The van der Waals surface area contributed by atoms with E-state index in [1.807, 2.05) is 23.5 Å². The lowest BCUT2D eigenvalue weighted by Gasteiger charge is -2.24. The maximum atomic E-state index is 12.1. The summed E-state index contributed by atoms with van der Waals surface area (Å²) in [6, 6.07) is 8.58. The Morgan fingerprint density at radius 2 is 1.75 bits per heavy atom. The molecule has 0 saturated heterocycles. The third kappa shape index (κ3) is 4.25. The highest BCUT2D eigenvalue weighted by Gasteiger charge is 2.26. The molecule has 0 aromatic heterocycles. The highest BCUT2D eigenvalue weighted by atomic mass is 28.3. The summed E-state index contributed by atoms with van der Waals surface area (Å²) < 4.78 is 0. The quantitative estimate of drug-likeness (QED) is 0.416. The van der Waals surface area contributed by atoms with Crippen molar-refractivity contribution in [2.45, 2.75) is 51.7 Å². The lowest BCUT2D eigenvalue weighted by molar-refractivity contribution is -0.280. The molecule has 3 nitrogen and oxygen atoms in total. The average Bonchev–Trinajstić information content (AvgIpc) is 2.63. The lowest BCUT2D eigenvalue weighted by Crippen LogP contribution is -2.43. The Balaban J connectivity index is 1.96. The number of rotatable bonds is 7. The van der Waals surface area contributed by atoms with E-state index in [0.29, 0.717) is 5.56 Å². The van der Waals surface area contributed by atoms with E-state index >= 15 is 0 Å². The molecule has 24 heavy (non-hydrogen) atoms. The van der Waals surface area contributed by atoms with Crippen molar-refractivity contribution < 1.29 is 14.6 Å². The van der Waals surface area contributed by atoms with Crippen LogP contribution in [0.3, 0.4) is 0 Å². The van der Waals surface area contributed by atoms with Gasteiger partial charge < -0.3 is 0 Å². The Labute approximate surface area is 146 Å². The van der Waals surface area contributed by atoms with E-state index in [1.165, 1.54) is 5.19 Å². The minimum absolute atomic E-state index is 0.0334. The van der Waals surface area contributed by atoms with Crippen LogP contribution in [0.2, 0.25) is 6.04 Å². The summed E-state index contributed by atoms with van der Waals surface area (Å²) >= 11 is 0. The molecule has 130 valence electrons. The van der Waals surface area contributed by atoms with Gasteiger partial charge in [-0.2, -0.15) is 4.89 Å². The van der Waals surface area contributed by atoms with Gasteiger partial charge in [-0.1, -0.05) is 42.6 Å². The fraction of sp³-hybridized carbons (Fsp3) is 0.450. The monoisotopic (exact) mass is 344 g/mol. The number of hydrogen-bond acceptors (Lipinski definition) is 3. The zero-order valence-corrected chi connectivity index (χ0v) is 15.8. The fourth-order valence-corrected chi connectivity index (χ4v) is 5.62. The van der Waals surface area contributed by atoms with Gasteiger partial charge in [0.25, 0.3) is 0 Å². The molecular weight excluding hydrogens is 316 g/mol. The van der Waals surface area contributed by atoms with Crippen LogP contribution in [0.25, 0.3) is 0 Å². The zero-order valence-electron chi connectivity index (χ0n) is 14.8. The third-order valence-electron chi connectivity index (χ3n) is 5.19. The molecule has 0 amide bonds. The first-order valence-corrected chi connectivity index (χ1v) is 11.2. The molecule has 0 bridgehead atoms. The Hall–Kier alpha value is -1.65. The molecule has 1 aliphatic rings.